The zero-order chi connectivity index (χ0) is 8.10. The van der Waals surface area contributed by atoms with E-state index in [0.29, 0.717) is 6.47 Å². The molecule has 2 unspecified atom stereocenters. The van der Waals surface area contributed by atoms with Gasteiger partial charge in [-0.3, -0.25) is 4.79 Å². The van der Waals surface area contributed by atoms with Gasteiger partial charge in [-0.2, -0.15) is 0 Å². The summed E-state index contributed by atoms with van der Waals surface area (Å²) in [5.74, 6) is 0. The molecule has 1 fully saturated rings. The van der Waals surface area contributed by atoms with Gasteiger partial charge in [0, 0.05) is 0 Å². The highest BCUT2D eigenvalue weighted by atomic mass is 35.5. The minimum Gasteiger partial charge on any atom is -0.463 e. The van der Waals surface area contributed by atoms with Crippen LogP contribution in [0.5, 0.6) is 0 Å². The van der Waals surface area contributed by atoms with E-state index in [0.717, 1.165) is 25.7 Å². The molecular weight excluding hydrogens is 164 g/mol. The van der Waals surface area contributed by atoms with Crippen LogP contribution in [0.15, 0.2) is 0 Å². The molecule has 0 aromatic heterocycles. The fourth-order valence-electron chi connectivity index (χ4n) is 1.45. The number of hydrogen-bond donors (Lipinski definition) is 0. The standard InChI is InChI=1S/C8H13ClO2/c9-7-4-2-1-3-5-8(7)11-6-10/h6-8H,1-5H2. The molecule has 64 valence electrons. The molecular formula is C8H13ClO2. The first kappa shape index (κ1) is 8.85. The van der Waals surface area contributed by atoms with Gasteiger partial charge in [-0.1, -0.05) is 12.8 Å². The fraction of sp³-hybridized carbons (Fsp3) is 0.875. The van der Waals surface area contributed by atoms with E-state index in [1.807, 2.05) is 0 Å². The highest BCUT2D eigenvalue weighted by molar-refractivity contribution is 6.21. The molecule has 0 spiro atoms. The average molecular weight is 177 g/mol. The third-order valence-electron chi connectivity index (χ3n) is 2.10. The first-order valence-corrected chi connectivity index (χ1v) is 4.51. The second kappa shape index (κ2) is 4.60. The number of hydrogen-bond acceptors (Lipinski definition) is 2. The van der Waals surface area contributed by atoms with Crippen molar-refractivity contribution in [1.29, 1.82) is 0 Å². The fourth-order valence-corrected chi connectivity index (χ4v) is 1.79. The molecule has 0 aromatic carbocycles. The normalized spacial score (nSPS) is 32.5. The molecule has 1 aliphatic carbocycles. The van der Waals surface area contributed by atoms with Crippen molar-refractivity contribution in [3.8, 4) is 0 Å². The molecule has 0 heterocycles. The summed E-state index contributed by atoms with van der Waals surface area (Å²) in [4.78, 5) is 10.1. The van der Waals surface area contributed by atoms with E-state index in [9.17, 15) is 4.79 Å². The lowest BCUT2D eigenvalue weighted by atomic mass is 10.1. The summed E-state index contributed by atoms with van der Waals surface area (Å²) in [5, 5.41) is 0.0303. The smallest absolute Gasteiger partial charge is 0.293 e. The van der Waals surface area contributed by atoms with Crippen LogP contribution in [-0.4, -0.2) is 18.0 Å². The van der Waals surface area contributed by atoms with E-state index in [1.165, 1.54) is 6.42 Å². The predicted molar refractivity (Wildman–Crippen MR) is 43.7 cm³/mol. The van der Waals surface area contributed by atoms with Crippen LogP contribution >= 0.6 is 11.6 Å². The third-order valence-corrected chi connectivity index (χ3v) is 2.60. The Morgan fingerprint density at radius 3 is 2.73 bits per heavy atom. The maximum atomic E-state index is 10.1. The quantitative estimate of drug-likeness (QED) is 0.366. The Balaban J connectivity index is 2.38. The Kier molecular flexibility index (Phi) is 3.70. The van der Waals surface area contributed by atoms with Gasteiger partial charge >= 0.3 is 0 Å². The van der Waals surface area contributed by atoms with Gasteiger partial charge in [-0.05, 0) is 19.3 Å². The van der Waals surface area contributed by atoms with Crippen molar-refractivity contribution >= 4 is 18.1 Å². The average Bonchev–Trinajstić information content (AvgIpc) is 2.18. The van der Waals surface area contributed by atoms with Gasteiger partial charge in [0.1, 0.15) is 6.10 Å². The van der Waals surface area contributed by atoms with E-state index in [-0.39, 0.29) is 11.5 Å². The van der Waals surface area contributed by atoms with Crippen LogP contribution in [0.25, 0.3) is 0 Å². The predicted octanol–water partition coefficient (Wildman–Crippen LogP) is 2.10. The van der Waals surface area contributed by atoms with E-state index in [2.05, 4.69) is 0 Å². The van der Waals surface area contributed by atoms with Crippen molar-refractivity contribution in [2.24, 2.45) is 0 Å². The number of ether oxygens (including phenoxy) is 1. The first-order valence-electron chi connectivity index (χ1n) is 4.08. The van der Waals surface area contributed by atoms with Crippen molar-refractivity contribution in [2.45, 2.75) is 43.6 Å². The van der Waals surface area contributed by atoms with Crippen LogP contribution in [0.4, 0.5) is 0 Å². The van der Waals surface area contributed by atoms with Gasteiger partial charge < -0.3 is 4.74 Å². The number of halogens is 1. The summed E-state index contributed by atoms with van der Waals surface area (Å²) < 4.78 is 4.86. The maximum Gasteiger partial charge on any atom is 0.293 e. The van der Waals surface area contributed by atoms with E-state index >= 15 is 0 Å². The molecule has 0 N–H and O–H groups in total. The number of alkyl halides is 1. The van der Waals surface area contributed by atoms with Crippen molar-refractivity contribution in [3.63, 3.8) is 0 Å². The molecule has 1 aliphatic rings. The monoisotopic (exact) mass is 176 g/mol. The van der Waals surface area contributed by atoms with E-state index in [4.69, 9.17) is 16.3 Å². The second-order valence-electron chi connectivity index (χ2n) is 2.92. The summed E-state index contributed by atoms with van der Waals surface area (Å²) in [6.07, 6.45) is 5.35. The Hall–Kier alpha value is -0.240. The lowest BCUT2D eigenvalue weighted by Crippen LogP contribution is -2.22. The molecule has 2 atom stereocenters. The van der Waals surface area contributed by atoms with Gasteiger partial charge in [-0.15, -0.1) is 11.6 Å². The minimum atomic E-state index is -0.0448. The summed E-state index contributed by atoms with van der Waals surface area (Å²) in [6, 6.07) is 0. The van der Waals surface area contributed by atoms with Crippen LogP contribution < -0.4 is 0 Å². The van der Waals surface area contributed by atoms with Crippen LogP contribution in [-0.2, 0) is 9.53 Å². The molecule has 11 heavy (non-hydrogen) atoms. The zero-order valence-corrected chi connectivity index (χ0v) is 7.22. The zero-order valence-electron chi connectivity index (χ0n) is 6.46. The van der Waals surface area contributed by atoms with Gasteiger partial charge in [0.25, 0.3) is 6.47 Å². The number of carbonyl (C=O) groups excluding carboxylic acids is 1. The highest BCUT2D eigenvalue weighted by Gasteiger charge is 2.22. The summed E-state index contributed by atoms with van der Waals surface area (Å²) >= 11 is 5.98. The molecule has 1 saturated carbocycles. The summed E-state index contributed by atoms with van der Waals surface area (Å²) in [5.41, 5.74) is 0. The first-order chi connectivity index (χ1) is 5.34. The topological polar surface area (TPSA) is 26.3 Å². The molecule has 0 bridgehead atoms. The molecule has 2 nitrogen and oxygen atoms in total. The maximum absolute atomic E-state index is 10.1. The minimum absolute atomic E-state index is 0.0303. The van der Waals surface area contributed by atoms with Crippen LogP contribution in [0.2, 0.25) is 0 Å². The van der Waals surface area contributed by atoms with Crippen molar-refractivity contribution in [3.05, 3.63) is 0 Å². The lowest BCUT2D eigenvalue weighted by molar-refractivity contribution is -0.133. The van der Waals surface area contributed by atoms with Crippen molar-refractivity contribution in [2.75, 3.05) is 0 Å². The van der Waals surface area contributed by atoms with Crippen molar-refractivity contribution in [1.82, 2.24) is 0 Å². The SMILES string of the molecule is O=COC1CCCCCC1Cl. The Labute approximate surface area is 71.9 Å². The molecule has 0 amide bonds. The molecule has 0 aromatic rings. The number of carbonyl (C=O) groups is 1. The second-order valence-corrected chi connectivity index (χ2v) is 3.49. The molecule has 0 radical (unpaired) electrons. The van der Waals surface area contributed by atoms with Gasteiger partial charge in [0.15, 0.2) is 0 Å². The number of rotatable bonds is 2. The van der Waals surface area contributed by atoms with Gasteiger partial charge in [0.2, 0.25) is 0 Å². The van der Waals surface area contributed by atoms with E-state index in [1.54, 1.807) is 0 Å². The molecule has 3 heteroatoms. The van der Waals surface area contributed by atoms with Crippen LogP contribution in [0.3, 0.4) is 0 Å². The lowest BCUT2D eigenvalue weighted by Gasteiger charge is -2.16. The Bertz CT molecular complexity index is 127. The van der Waals surface area contributed by atoms with Crippen LogP contribution in [0.1, 0.15) is 32.1 Å². The van der Waals surface area contributed by atoms with Gasteiger partial charge in [0.05, 0.1) is 5.38 Å². The Morgan fingerprint density at radius 2 is 2.00 bits per heavy atom. The largest absolute Gasteiger partial charge is 0.463 e. The van der Waals surface area contributed by atoms with Gasteiger partial charge in [-0.25, -0.2) is 0 Å². The molecule has 0 saturated heterocycles. The molecule has 0 aliphatic heterocycles. The Morgan fingerprint density at radius 1 is 1.27 bits per heavy atom. The van der Waals surface area contributed by atoms with E-state index < -0.39 is 0 Å². The summed E-state index contributed by atoms with van der Waals surface area (Å²) in [6.45, 7) is 0.505. The summed E-state index contributed by atoms with van der Waals surface area (Å²) in [7, 11) is 0. The highest BCUT2D eigenvalue weighted by Crippen LogP contribution is 2.23. The van der Waals surface area contributed by atoms with Crippen molar-refractivity contribution < 1.29 is 9.53 Å². The third kappa shape index (κ3) is 2.70. The van der Waals surface area contributed by atoms with Crippen LogP contribution in [0, 0.1) is 0 Å². The molecule has 1 rings (SSSR count).